The molecule has 2 fully saturated rings. The first kappa shape index (κ1) is 19.4. The van der Waals surface area contributed by atoms with Crippen LogP contribution in [0, 0.1) is 5.92 Å². The Bertz CT molecular complexity index is 676. The van der Waals surface area contributed by atoms with Crippen LogP contribution in [0.5, 0.6) is 0 Å². The number of fused-ring (bicyclic) bond motifs is 1. The van der Waals surface area contributed by atoms with Crippen molar-refractivity contribution < 1.29 is 19.1 Å². The summed E-state index contributed by atoms with van der Waals surface area (Å²) in [6.45, 7) is 0.410. The van der Waals surface area contributed by atoms with Crippen molar-refractivity contribution in [2.45, 2.75) is 57.0 Å². The van der Waals surface area contributed by atoms with E-state index in [-0.39, 0.29) is 30.2 Å². The van der Waals surface area contributed by atoms with Crippen LogP contribution < -0.4 is 5.32 Å². The Hall–Kier alpha value is -2.37. The molecule has 1 aliphatic carbocycles. The minimum atomic E-state index is -0.427. The summed E-state index contributed by atoms with van der Waals surface area (Å²) in [5, 5.41) is 2.91. The highest BCUT2D eigenvalue weighted by Gasteiger charge is 2.47. The Kier molecular flexibility index (Phi) is 6.48. The summed E-state index contributed by atoms with van der Waals surface area (Å²) in [6, 6.07) is 8.93. The standard InChI is InChI=1S/C21H28N2O4/c1-27-19(24)12-7-13-22-20(25)18-14-16-10-5-6-11-17(16)23(18)21(26)15-8-3-2-4-9-15/h2-4,8-9,16-18H,5-7,10-14H2,1H3,(H,22,25). The Balaban J connectivity index is 1.68. The molecule has 0 spiro atoms. The number of nitrogens with one attached hydrogen (secondary N) is 1. The zero-order valence-electron chi connectivity index (χ0n) is 15.9. The number of benzene rings is 1. The van der Waals surface area contributed by atoms with E-state index >= 15 is 0 Å². The van der Waals surface area contributed by atoms with Crippen LogP contribution in [-0.4, -0.2) is 48.4 Å². The van der Waals surface area contributed by atoms with E-state index in [0.29, 0.717) is 24.4 Å². The number of nitrogens with zero attached hydrogens (tertiary/aromatic N) is 1. The SMILES string of the molecule is COC(=O)CCCNC(=O)C1CC2CCCCC2N1C(=O)c1ccccc1. The molecular weight excluding hydrogens is 344 g/mol. The second-order valence-corrected chi connectivity index (χ2v) is 7.41. The molecule has 3 unspecified atom stereocenters. The number of ether oxygens (including phenoxy) is 1. The summed E-state index contributed by atoms with van der Waals surface area (Å²) in [4.78, 5) is 39.0. The molecule has 1 N–H and O–H groups in total. The van der Waals surface area contributed by atoms with Gasteiger partial charge in [-0.15, -0.1) is 0 Å². The van der Waals surface area contributed by atoms with Crippen LogP contribution in [0.15, 0.2) is 30.3 Å². The highest BCUT2D eigenvalue weighted by atomic mass is 16.5. The van der Waals surface area contributed by atoms with E-state index in [9.17, 15) is 14.4 Å². The molecule has 0 radical (unpaired) electrons. The van der Waals surface area contributed by atoms with E-state index in [4.69, 9.17) is 0 Å². The van der Waals surface area contributed by atoms with Gasteiger partial charge in [0.1, 0.15) is 6.04 Å². The Morgan fingerprint density at radius 3 is 2.63 bits per heavy atom. The molecule has 1 aromatic rings. The lowest BCUT2D eigenvalue weighted by atomic mass is 9.84. The van der Waals surface area contributed by atoms with Crippen LogP contribution in [0.2, 0.25) is 0 Å². The van der Waals surface area contributed by atoms with Crippen molar-refractivity contribution in [2.24, 2.45) is 5.92 Å². The average Bonchev–Trinajstić information content (AvgIpc) is 3.10. The lowest BCUT2D eigenvalue weighted by molar-refractivity contribution is -0.140. The predicted octanol–water partition coefficient (Wildman–Crippen LogP) is 2.53. The van der Waals surface area contributed by atoms with Crippen molar-refractivity contribution in [3.05, 3.63) is 35.9 Å². The number of carbonyl (C=O) groups excluding carboxylic acids is 3. The van der Waals surface area contributed by atoms with Crippen LogP contribution >= 0.6 is 0 Å². The summed E-state index contributed by atoms with van der Waals surface area (Å²) in [5.41, 5.74) is 0.632. The second-order valence-electron chi connectivity index (χ2n) is 7.41. The van der Waals surface area contributed by atoms with Gasteiger partial charge in [0, 0.05) is 24.6 Å². The van der Waals surface area contributed by atoms with Crippen LogP contribution in [0.25, 0.3) is 0 Å². The lowest BCUT2D eigenvalue weighted by Crippen LogP contribution is -2.49. The molecule has 146 valence electrons. The van der Waals surface area contributed by atoms with E-state index < -0.39 is 6.04 Å². The smallest absolute Gasteiger partial charge is 0.305 e. The van der Waals surface area contributed by atoms with E-state index in [1.165, 1.54) is 13.5 Å². The van der Waals surface area contributed by atoms with Crippen LogP contribution in [0.1, 0.15) is 55.3 Å². The molecule has 1 saturated carbocycles. The Morgan fingerprint density at radius 2 is 1.89 bits per heavy atom. The first-order chi connectivity index (χ1) is 13.1. The maximum Gasteiger partial charge on any atom is 0.305 e. The summed E-state index contributed by atoms with van der Waals surface area (Å²) in [7, 11) is 1.36. The summed E-state index contributed by atoms with van der Waals surface area (Å²) >= 11 is 0. The number of esters is 1. The molecule has 0 bridgehead atoms. The summed E-state index contributed by atoms with van der Waals surface area (Å²) in [5.74, 6) is -0.0486. The minimum Gasteiger partial charge on any atom is -0.469 e. The van der Waals surface area contributed by atoms with Gasteiger partial charge in [0.05, 0.1) is 7.11 Å². The van der Waals surface area contributed by atoms with Gasteiger partial charge in [-0.3, -0.25) is 14.4 Å². The van der Waals surface area contributed by atoms with Gasteiger partial charge in [0.15, 0.2) is 0 Å². The normalized spacial score (nSPS) is 24.2. The number of likely N-dealkylation sites (tertiary alicyclic amines) is 1. The Morgan fingerprint density at radius 1 is 1.15 bits per heavy atom. The van der Waals surface area contributed by atoms with Crippen LogP contribution in [-0.2, 0) is 14.3 Å². The van der Waals surface area contributed by atoms with Gasteiger partial charge in [0.25, 0.3) is 5.91 Å². The summed E-state index contributed by atoms with van der Waals surface area (Å²) in [6.07, 6.45) is 5.86. The number of rotatable bonds is 6. The largest absolute Gasteiger partial charge is 0.469 e. The number of hydrogen-bond donors (Lipinski definition) is 1. The monoisotopic (exact) mass is 372 g/mol. The van der Waals surface area contributed by atoms with E-state index in [0.717, 1.165) is 25.7 Å². The van der Waals surface area contributed by atoms with Crippen molar-refractivity contribution >= 4 is 17.8 Å². The van der Waals surface area contributed by atoms with Crippen molar-refractivity contribution in [3.63, 3.8) is 0 Å². The third-order valence-electron chi connectivity index (χ3n) is 5.73. The molecule has 0 aromatic heterocycles. The molecule has 1 aromatic carbocycles. The molecule has 2 aliphatic rings. The van der Waals surface area contributed by atoms with Crippen molar-refractivity contribution in [2.75, 3.05) is 13.7 Å². The molecule has 1 saturated heterocycles. The fraction of sp³-hybridized carbons (Fsp3) is 0.571. The first-order valence-electron chi connectivity index (χ1n) is 9.84. The van der Waals surface area contributed by atoms with E-state index in [2.05, 4.69) is 10.1 Å². The van der Waals surface area contributed by atoms with Gasteiger partial charge in [-0.25, -0.2) is 0 Å². The van der Waals surface area contributed by atoms with Crippen molar-refractivity contribution in [1.82, 2.24) is 10.2 Å². The van der Waals surface area contributed by atoms with Gasteiger partial charge in [0.2, 0.25) is 5.91 Å². The van der Waals surface area contributed by atoms with E-state index in [1.807, 2.05) is 35.2 Å². The molecule has 2 amide bonds. The first-order valence-corrected chi connectivity index (χ1v) is 9.84. The molecule has 3 atom stereocenters. The molecule has 3 rings (SSSR count). The number of amides is 2. The zero-order chi connectivity index (χ0) is 19.2. The van der Waals surface area contributed by atoms with Crippen molar-refractivity contribution in [1.29, 1.82) is 0 Å². The molecule has 1 aliphatic heterocycles. The Labute approximate surface area is 160 Å². The van der Waals surface area contributed by atoms with Gasteiger partial charge >= 0.3 is 5.97 Å². The number of carbonyl (C=O) groups is 3. The molecular formula is C21H28N2O4. The topological polar surface area (TPSA) is 75.7 Å². The highest BCUT2D eigenvalue weighted by molar-refractivity contribution is 5.98. The third-order valence-corrected chi connectivity index (χ3v) is 5.73. The van der Waals surface area contributed by atoms with Gasteiger partial charge in [-0.2, -0.15) is 0 Å². The molecule has 27 heavy (non-hydrogen) atoms. The maximum absolute atomic E-state index is 13.2. The zero-order valence-corrected chi connectivity index (χ0v) is 15.9. The molecule has 1 heterocycles. The fourth-order valence-corrected chi connectivity index (χ4v) is 4.38. The number of hydrogen-bond acceptors (Lipinski definition) is 4. The van der Waals surface area contributed by atoms with Crippen LogP contribution in [0.4, 0.5) is 0 Å². The van der Waals surface area contributed by atoms with E-state index in [1.54, 1.807) is 0 Å². The summed E-state index contributed by atoms with van der Waals surface area (Å²) < 4.78 is 4.61. The van der Waals surface area contributed by atoms with Gasteiger partial charge in [-0.1, -0.05) is 31.0 Å². The van der Waals surface area contributed by atoms with Gasteiger partial charge < -0.3 is 15.0 Å². The maximum atomic E-state index is 13.2. The number of methoxy groups -OCH3 is 1. The average molecular weight is 372 g/mol. The van der Waals surface area contributed by atoms with Crippen molar-refractivity contribution in [3.8, 4) is 0 Å². The molecule has 6 heteroatoms. The minimum absolute atomic E-state index is 0.0558. The quantitative estimate of drug-likeness (QED) is 0.615. The fourth-order valence-electron chi connectivity index (χ4n) is 4.38. The van der Waals surface area contributed by atoms with Gasteiger partial charge in [-0.05, 0) is 43.7 Å². The highest BCUT2D eigenvalue weighted by Crippen LogP contribution is 2.40. The third kappa shape index (κ3) is 4.49. The second kappa shape index (κ2) is 9.02. The molecule has 6 nitrogen and oxygen atoms in total. The lowest BCUT2D eigenvalue weighted by Gasteiger charge is -2.33. The predicted molar refractivity (Wildman–Crippen MR) is 101 cm³/mol. The van der Waals surface area contributed by atoms with Crippen LogP contribution in [0.3, 0.4) is 0 Å².